The summed E-state index contributed by atoms with van der Waals surface area (Å²) >= 11 is 0. The van der Waals surface area contributed by atoms with E-state index in [1.54, 1.807) is 0 Å². The molecule has 2 unspecified atom stereocenters. The predicted octanol–water partition coefficient (Wildman–Crippen LogP) is 8.76. The summed E-state index contributed by atoms with van der Waals surface area (Å²) in [4.78, 5) is 47.3. The monoisotopic (exact) mass is 713 g/mol. The first-order chi connectivity index (χ1) is 24.8. The fourth-order valence-corrected chi connectivity index (χ4v) is 4.95. The standard InChI is InChI=1S/C42H68N2O7/c1-3-5-7-9-11-12-13-14-15-16-17-18-19-20-22-24-30-34-41(48)51-37(31-27-23-21-10-8-6-4-2)32-28-25-26-29-33-39(46)43-35-40(47)44-38(36-45)42(49)50/h5,7,11-12,14-15,17-18,20,22,27,31,37-38,45H,3-4,6,8-10,13,16,19,21,23-26,28-30,32-36H2,1-2H3,(H,43,46)(H,44,47)(H,49,50)/b7-5-,12-11-,15-14-,18-17-,22-20-,31-27-. The van der Waals surface area contributed by atoms with Gasteiger partial charge < -0.3 is 25.6 Å². The van der Waals surface area contributed by atoms with Crippen molar-refractivity contribution >= 4 is 23.8 Å². The van der Waals surface area contributed by atoms with Gasteiger partial charge in [-0.3, -0.25) is 14.4 Å². The third kappa shape index (κ3) is 33.2. The molecule has 0 radical (unpaired) electrons. The van der Waals surface area contributed by atoms with E-state index in [9.17, 15) is 19.2 Å². The molecule has 9 heteroatoms. The van der Waals surface area contributed by atoms with Gasteiger partial charge in [-0.25, -0.2) is 4.79 Å². The van der Waals surface area contributed by atoms with Crippen LogP contribution in [-0.2, 0) is 23.9 Å². The van der Waals surface area contributed by atoms with E-state index >= 15 is 0 Å². The van der Waals surface area contributed by atoms with Gasteiger partial charge in [-0.2, -0.15) is 0 Å². The van der Waals surface area contributed by atoms with Crippen molar-refractivity contribution in [3.63, 3.8) is 0 Å². The molecule has 0 aliphatic carbocycles. The molecule has 2 atom stereocenters. The lowest BCUT2D eigenvalue weighted by atomic mass is 10.1. The van der Waals surface area contributed by atoms with E-state index in [-0.39, 0.29) is 30.9 Å². The number of ether oxygens (including phenoxy) is 1. The molecule has 4 N–H and O–H groups in total. The normalized spacial score (nSPS) is 13.3. The molecule has 0 bridgehead atoms. The number of carboxylic acid groups (broad SMARTS) is 1. The SMILES string of the molecule is CC/C=C\C/C=C\C/C=C\C/C=C\C/C=C\CCCC(=O)OC(/C=C\CCCCCCC)CCCCCCC(=O)NCC(=O)NC(CO)C(=O)O. The molecular weight excluding hydrogens is 644 g/mol. The molecule has 0 aromatic rings. The number of allylic oxidation sites excluding steroid dienone is 11. The highest BCUT2D eigenvalue weighted by atomic mass is 16.5. The van der Waals surface area contributed by atoms with E-state index in [2.05, 4.69) is 91.3 Å². The van der Waals surface area contributed by atoms with Crippen LogP contribution in [0.1, 0.15) is 142 Å². The minimum atomic E-state index is -1.40. The molecule has 0 aliphatic heterocycles. The van der Waals surface area contributed by atoms with E-state index in [0.29, 0.717) is 12.8 Å². The lowest BCUT2D eigenvalue weighted by Crippen LogP contribution is -2.47. The second kappa shape index (κ2) is 36.1. The fraction of sp³-hybridized carbons (Fsp3) is 0.619. The van der Waals surface area contributed by atoms with Crippen molar-refractivity contribution < 1.29 is 34.1 Å². The maximum atomic E-state index is 12.6. The van der Waals surface area contributed by atoms with Crippen LogP contribution in [0.3, 0.4) is 0 Å². The summed E-state index contributed by atoms with van der Waals surface area (Å²) < 4.78 is 5.84. The minimum Gasteiger partial charge on any atom is -0.480 e. The molecule has 51 heavy (non-hydrogen) atoms. The summed E-state index contributed by atoms with van der Waals surface area (Å²) in [6.07, 6.45) is 43.8. The Bertz CT molecular complexity index is 1090. The van der Waals surface area contributed by atoms with E-state index in [4.69, 9.17) is 14.9 Å². The second-order valence-electron chi connectivity index (χ2n) is 12.6. The Balaban J connectivity index is 4.37. The molecule has 0 aliphatic rings. The molecule has 9 nitrogen and oxygen atoms in total. The molecule has 0 fully saturated rings. The highest BCUT2D eigenvalue weighted by Gasteiger charge is 2.18. The zero-order valence-electron chi connectivity index (χ0n) is 31.6. The zero-order chi connectivity index (χ0) is 37.6. The van der Waals surface area contributed by atoms with E-state index in [1.165, 1.54) is 25.7 Å². The number of rotatable bonds is 33. The van der Waals surface area contributed by atoms with Gasteiger partial charge in [0.1, 0.15) is 12.1 Å². The van der Waals surface area contributed by atoms with Crippen molar-refractivity contribution in [1.29, 1.82) is 0 Å². The number of hydrogen-bond donors (Lipinski definition) is 4. The van der Waals surface area contributed by atoms with E-state index in [1.807, 2.05) is 6.08 Å². The first-order valence-corrected chi connectivity index (χ1v) is 19.3. The molecule has 0 heterocycles. The van der Waals surface area contributed by atoms with Crippen LogP contribution in [0.15, 0.2) is 72.9 Å². The number of hydrogen-bond acceptors (Lipinski definition) is 6. The Labute approximate surface area is 308 Å². The Hall–Kier alpha value is -3.72. The van der Waals surface area contributed by atoms with Gasteiger partial charge in [0.15, 0.2) is 0 Å². The van der Waals surface area contributed by atoms with Crippen LogP contribution in [0.4, 0.5) is 0 Å². The van der Waals surface area contributed by atoms with Gasteiger partial charge >= 0.3 is 11.9 Å². The number of carbonyl (C=O) groups is 4. The third-order valence-corrected chi connectivity index (χ3v) is 7.92. The van der Waals surface area contributed by atoms with Gasteiger partial charge in [-0.05, 0) is 83.1 Å². The highest BCUT2D eigenvalue weighted by molar-refractivity contribution is 5.87. The Morgan fingerprint density at radius 3 is 1.80 bits per heavy atom. The van der Waals surface area contributed by atoms with Crippen molar-refractivity contribution in [3.8, 4) is 0 Å². The summed E-state index contributed by atoms with van der Waals surface area (Å²) in [5, 5.41) is 22.5. The van der Waals surface area contributed by atoms with Crippen LogP contribution in [0.5, 0.6) is 0 Å². The number of aliphatic carboxylic acids is 1. The van der Waals surface area contributed by atoms with Crippen LogP contribution in [0.25, 0.3) is 0 Å². The fourth-order valence-electron chi connectivity index (χ4n) is 4.95. The summed E-state index contributed by atoms with van der Waals surface area (Å²) in [5.41, 5.74) is 0. The predicted molar refractivity (Wildman–Crippen MR) is 208 cm³/mol. The van der Waals surface area contributed by atoms with E-state index < -0.39 is 24.5 Å². The first kappa shape index (κ1) is 47.3. The van der Waals surface area contributed by atoms with Gasteiger partial charge in [-0.15, -0.1) is 0 Å². The van der Waals surface area contributed by atoms with Gasteiger partial charge in [0, 0.05) is 12.8 Å². The number of esters is 1. The van der Waals surface area contributed by atoms with Crippen molar-refractivity contribution in [2.45, 2.75) is 154 Å². The van der Waals surface area contributed by atoms with E-state index in [0.717, 1.165) is 83.5 Å². The smallest absolute Gasteiger partial charge is 0.328 e. The average Bonchev–Trinajstić information content (AvgIpc) is 3.11. The Morgan fingerprint density at radius 2 is 1.20 bits per heavy atom. The average molecular weight is 713 g/mol. The number of aliphatic hydroxyl groups is 1. The van der Waals surface area contributed by atoms with Crippen molar-refractivity contribution in [2.24, 2.45) is 0 Å². The van der Waals surface area contributed by atoms with Crippen LogP contribution >= 0.6 is 0 Å². The van der Waals surface area contributed by atoms with Crippen LogP contribution in [0.2, 0.25) is 0 Å². The summed E-state index contributed by atoms with van der Waals surface area (Å²) in [7, 11) is 0. The number of carboxylic acids is 1. The number of nitrogens with one attached hydrogen (secondary N) is 2. The molecule has 0 saturated carbocycles. The molecule has 0 rings (SSSR count). The lowest BCUT2D eigenvalue weighted by molar-refractivity contribution is -0.147. The van der Waals surface area contributed by atoms with Crippen molar-refractivity contribution in [2.75, 3.05) is 13.2 Å². The maximum Gasteiger partial charge on any atom is 0.328 e. The molecule has 0 saturated heterocycles. The molecule has 0 aromatic heterocycles. The van der Waals surface area contributed by atoms with Gasteiger partial charge in [0.2, 0.25) is 11.8 Å². The van der Waals surface area contributed by atoms with Crippen LogP contribution in [0, 0.1) is 0 Å². The van der Waals surface area contributed by atoms with Crippen molar-refractivity contribution in [3.05, 3.63) is 72.9 Å². The largest absolute Gasteiger partial charge is 0.480 e. The Morgan fingerprint density at radius 1 is 0.627 bits per heavy atom. The number of aliphatic hydroxyl groups excluding tert-OH is 1. The van der Waals surface area contributed by atoms with Gasteiger partial charge in [0.05, 0.1) is 13.2 Å². The quantitative estimate of drug-likeness (QED) is 0.0303. The van der Waals surface area contributed by atoms with Gasteiger partial charge in [0.25, 0.3) is 0 Å². The molecule has 0 aromatic carbocycles. The topological polar surface area (TPSA) is 142 Å². The number of carbonyl (C=O) groups excluding carboxylic acids is 3. The molecule has 2 amide bonds. The zero-order valence-corrected chi connectivity index (χ0v) is 31.6. The van der Waals surface area contributed by atoms with Crippen LogP contribution in [-0.4, -0.2) is 59.3 Å². The minimum absolute atomic E-state index is 0.172. The molecule has 0 spiro atoms. The maximum absolute atomic E-state index is 12.6. The lowest BCUT2D eigenvalue weighted by Gasteiger charge is -2.15. The number of amides is 2. The Kier molecular flexibility index (Phi) is 33.5. The number of unbranched alkanes of at least 4 members (excludes halogenated alkanes) is 9. The molecule has 288 valence electrons. The summed E-state index contributed by atoms with van der Waals surface area (Å²) in [5.74, 6) is -2.48. The first-order valence-electron chi connectivity index (χ1n) is 19.3. The molecular formula is C42H68N2O7. The second-order valence-corrected chi connectivity index (χ2v) is 12.6. The summed E-state index contributed by atoms with van der Waals surface area (Å²) in [6.45, 7) is 3.28. The van der Waals surface area contributed by atoms with Crippen molar-refractivity contribution in [1.82, 2.24) is 10.6 Å². The summed E-state index contributed by atoms with van der Waals surface area (Å²) in [6, 6.07) is -1.40. The highest BCUT2D eigenvalue weighted by Crippen LogP contribution is 2.14. The van der Waals surface area contributed by atoms with Crippen LogP contribution < -0.4 is 10.6 Å². The third-order valence-electron chi connectivity index (χ3n) is 7.92. The van der Waals surface area contributed by atoms with Gasteiger partial charge in [-0.1, -0.05) is 119 Å².